The van der Waals surface area contributed by atoms with Gasteiger partial charge in [-0.3, -0.25) is 9.69 Å². The predicted molar refractivity (Wildman–Crippen MR) is 106 cm³/mol. The average molecular weight is 368 g/mol. The maximum atomic E-state index is 12.3. The van der Waals surface area contributed by atoms with E-state index in [0.29, 0.717) is 24.3 Å². The number of carbonyl (C=O) groups is 1. The molecule has 1 saturated heterocycles. The fourth-order valence-electron chi connectivity index (χ4n) is 3.53. The van der Waals surface area contributed by atoms with Gasteiger partial charge in [-0.05, 0) is 36.1 Å². The molecule has 2 aromatic carbocycles. The van der Waals surface area contributed by atoms with E-state index in [2.05, 4.69) is 34.5 Å². The molecule has 5 nitrogen and oxygen atoms in total. The largest absolute Gasteiger partial charge is 0.493 e. The lowest BCUT2D eigenvalue weighted by Gasteiger charge is -2.17. The Morgan fingerprint density at radius 2 is 1.85 bits per heavy atom. The summed E-state index contributed by atoms with van der Waals surface area (Å²) in [6, 6.07) is 16.5. The quantitative estimate of drug-likeness (QED) is 0.778. The third-order valence-corrected chi connectivity index (χ3v) is 4.98. The van der Waals surface area contributed by atoms with Gasteiger partial charge in [-0.15, -0.1) is 0 Å². The Morgan fingerprint density at radius 1 is 1.07 bits per heavy atom. The molecule has 27 heavy (non-hydrogen) atoms. The first-order valence-corrected chi connectivity index (χ1v) is 9.44. The van der Waals surface area contributed by atoms with E-state index in [0.717, 1.165) is 31.6 Å². The molecule has 0 saturated carbocycles. The molecule has 1 aliphatic rings. The summed E-state index contributed by atoms with van der Waals surface area (Å²) < 4.78 is 10.6. The Balaban J connectivity index is 1.43. The number of carbonyl (C=O) groups excluding carboxylic acids is 1. The number of hydrogen-bond acceptors (Lipinski definition) is 4. The fourth-order valence-corrected chi connectivity index (χ4v) is 3.53. The number of nitrogens with zero attached hydrogens (tertiary/aromatic N) is 1. The molecule has 0 aromatic heterocycles. The number of nitrogens with one attached hydrogen (secondary N) is 1. The summed E-state index contributed by atoms with van der Waals surface area (Å²) in [5.74, 6) is 1.51. The summed E-state index contributed by atoms with van der Waals surface area (Å²) in [6.07, 6.45) is 2.17. The second-order valence-electron chi connectivity index (χ2n) is 6.96. The van der Waals surface area contributed by atoms with E-state index in [1.807, 2.05) is 24.3 Å². The molecular formula is C22H28N2O3. The summed E-state index contributed by atoms with van der Waals surface area (Å²) in [7, 11) is 3.24. The van der Waals surface area contributed by atoms with Crippen molar-refractivity contribution >= 4 is 5.91 Å². The van der Waals surface area contributed by atoms with Crippen LogP contribution in [0.1, 0.15) is 24.0 Å². The SMILES string of the molecule is COc1ccc(CCC(=O)NC2CCN(Cc3ccccc3)C2)cc1OC. The second kappa shape index (κ2) is 9.42. The molecule has 0 spiro atoms. The van der Waals surface area contributed by atoms with Crippen molar-refractivity contribution in [3.63, 3.8) is 0 Å². The maximum Gasteiger partial charge on any atom is 0.220 e. The average Bonchev–Trinajstić information content (AvgIpc) is 3.13. The molecule has 0 aliphatic carbocycles. The zero-order valence-electron chi connectivity index (χ0n) is 16.1. The van der Waals surface area contributed by atoms with Crippen LogP contribution in [0, 0.1) is 0 Å². The van der Waals surface area contributed by atoms with Gasteiger partial charge < -0.3 is 14.8 Å². The zero-order chi connectivity index (χ0) is 19.1. The number of hydrogen-bond donors (Lipinski definition) is 1. The lowest BCUT2D eigenvalue weighted by molar-refractivity contribution is -0.121. The molecule has 0 radical (unpaired) electrons. The van der Waals surface area contributed by atoms with E-state index < -0.39 is 0 Å². The number of rotatable bonds is 8. The number of likely N-dealkylation sites (tertiary alicyclic amines) is 1. The van der Waals surface area contributed by atoms with Crippen molar-refractivity contribution in [2.24, 2.45) is 0 Å². The zero-order valence-corrected chi connectivity index (χ0v) is 16.1. The summed E-state index contributed by atoms with van der Waals surface area (Å²) >= 11 is 0. The minimum absolute atomic E-state index is 0.108. The Bertz CT molecular complexity index is 748. The molecule has 144 valence electrons. The van der Waals surface area contributed by atoms with Crippen molar-refractivity contribution in [2.75, 3.05) is 27.3 Å². The number of amides is 1. The van der Waals surface area contributed by atoms with Gasteiger partial charge in [0.25, 0.3) is 0 Å². The van der Waals surface area contributed by atoms with Crippen LogP contribution >= 0.6 is 0 Å². The van der Waals surface area contributed by atoms with Crippen LogP contribution in [0.5, 0.6) is 11.5 Å². The smallest absolute Gasteiger partial charge is 0.220 e. The normalized spacial score (nSPS) is 16.9. The fraction of sp³-hybridized carbons (Fsp3) is 0.409. The summed E-state index contributed by atoms with van der Waals surface area (Å²) in [5, 5.41) is 3.18. The molecule has 1 fully saturated rings. The summed E-state index contributed by atoms with van der Waals surface area (Å²) in [6.45, 7) is 2.88. The van der Waals surface area contributed by atoms with Crippen LogP contribution in [0.15, 0.2) is 48.5 Å². The molecule has 5 heteroatoms. The Hall–Kier alpha value is -2.53. The van der Waals surface area contributed by atoms with Crippen LogP contribution in [0.4, 0.5) is 0 Å². The van der Waals surface area contributed by atoms with E-state index >= 15 is 0 Å². The number of ether oxygens (including phenoxy) is 2. The van der Waals surface area contributed by atoms with Gasteiger partial charge in [0.1, 0.15) is 0 Å². The molecule has 1 aliphatic heterocycles. The lowest BCUT2D eigenvalue weighted by atomic mass is 10.1. The lowest BCUT2D eigenvalue weighted by Crippen LogP contribution is -2.37. The molecule has 0 bridgehead atoms. The second-order valence-corrected chi connectivity index (χ2v) is 6.96. The predicted octanol–water partition coefficient (Wildman–Crippen LogP) is 3.03. The first kappa shape index (κ1) is 19.2. The highest BCUT2D eigenvalue weighted by Gasteiger charge is 2.23. The minimum Gasteiger partial charge on any atom is -0.493 e. The van der Waals surface area contributed by atoms with Crippen LogP contribution in [-0.4, -0.2) is 44.2 Å². The minimum atomic E-state index is 0.108. The van der Waals surface area contributed by atoms with Gasteiger partial charge in [-0.25, -0.2) is 0 Å². The molecule has 1 unspecified atom stereocenters. The molecule has 1 atom stereocenters. The van der Waals surface area contributed by atoms with E-state index in [9.17, 15) is 4.79 Å². The maximum absolute atomic E-state index is 12.3. The van der Waals surface area contributed by atoms with Crippen molar-refractivity contribution in [1.29, 1.82) is 0 Å². The Labute approximate surface area is 161 Å². The molecular weight excluding hydrogens is 340 g/mol. The molecule has 1 heterocycles. The molecule has 1 amide bonds. The van der Waals surface area contributed by atoms with Gasteiger partial charge in [0.05, 0.1) is 14.2 Å². The monoisotopic (exact) mass is 368 g/mol. The number of methoxy groups -OCH3 is 2. The van der Waals surface area contributed by atoms with E-state index in [4.69, 9.17) is 9.47 Å². The van der Waals surface area contributed by atoms with Gasteiger partial charge >= 0.3 is 0 Å². The van der Waals surface area contributed by atoms with Gasteiger partial charge in [0.15, 0.2) is 11.5 Å². The summed E-state index contributed by atoms with van der Waals surface area (Å²) in [4.78, 5) is 14.7. The highest BCUT2D eigenvalue weighted by atomic mass is 16.5. The Morgan fingerprint density at radius 3 is 2.59 bits per heavy atom. The van der Waals surface area contributed by atoms with Gasteiger partial charge in [-0.2, -0.15) is 0 Å². The van der Waals surface area contributed by atoms with Gasteiger partial charge in [0.2, 0.25) is 5.91 Å². The van der Waals surface area contributed by atoms with Gasteiger partial charge in [0, 0.05) is 32.1 Å². The van der Waals surface area contributed by atoms with Crippen LogP contribution in [0.2, 0.25) is 0 Å². The van der Waals surface area contributed by atoms with Crippen molar-refractivity contribution in [3.8, 4) is 11.5 Å². The molecule has 3 rings (SSSR count). The first-order chi connectivity index (χ1) is 13.2. The van der Waals surface area contributed by atoms with Crippen molar-refractivity contribution in [3.05, 3.63) is 59.7 Å². The van der Waals surface area contributed by atoms with E-state index in [1.165, 1.54) is 5.56 Å². The highest BCUT2D eigenvalue weighted by Crippen LogP contribution is 2.28. The van der Waals surface area contributed by atoms with E-state index in [-0.39, 0.29) is 11.9 Å². The third-order valence-electron chi connectivity index (χ3n) is 4.98. The van der Waals surface area contributed by atoms with Crippen LogP contribution in [0.3, 0.4) is 0 Å². The number of aryl methyl sites for hydroxylation is 1. The molecule has 1 N–H and O–H groups in total. The summed E-state index contributed by atoms with van der Waals surface area (Å²) in [5.41, 5.74) is 2.39. The van der Waals surface area contributed by atoms with Crippen molar-refractivity contribution in [1.82, 2.24) is 10.2 Å². The number of benzene rings is 2. The van der Waals surface area contributed by atoms with Crippen molar-refractivity contribution < 1.29 is 14.3 Å². The van der Waals surface area contributed by atoms with Gasteiger partial charge in [-0.1, -0.05) is 36.4 Å². The highest BCUT2D eigenvalue weighted by molar-refractivity contribution is 5.76. The van der Waals surface area contributed by atoms with Crippen LogP contribution < -0.4 is 14.8 Å². The molecule has 2 aromatic rings. The van der Waals surface area contributed by atoms with Crippen molar-refractivity contribution in [2.45, 2.75) is 31.8 Å². The third kappa shape index (κ3) is 5.47. The standard InChI is InChI=1S/C22H28N2O3/c1-26-20-10-8-17(14-21(20)27-2)9-11-22(25)23-19-12-13-24(16-19)15-18-6-4-3-5-7-18/h3-8,10,14,19H,9,11-13,15-16H2,1-2H3,(H,23,25). The van der Waals surface area contributed by atoms with Crippen LogP contribution in [-0.2, 0) is 17.8 Å². The topological polar surface area (TPSA) is 50.8 Å². The Kier molecular flexibility index (Phi) is 6.71. The van der Waals surface area contributed by atoms with E-state index in [1.54, 1.807) is 14.2 Å². The first-order valence-electron chi connectivity index (χ1n) is 9.44. The van der Waals surface area contributed by atoms with Crippen LogP contribution in [0.25, 0.3) is 0 Å².